The van der Waals surface area contributed by atoms with Crippen molar-refractivity contribution in [3.8, 4) is 6.07 Å². The van der Waals surface area contributed by atoms with Crippen LogP contribution in [-0.4, -0.2) is 40.3 Å². The van der Waals surface area contributed by atoms with Crippen LogP contribution in [0.5, 0.6) is 0 Å². The zero-order valence-corrected chi connectivity index (χ0v) is 13.6. The zero-order valence-electron chi connectivity index (χ0n) is 12.0. The van der Waals surface area contributed by atoms with Gasteiger partial charge in [-0.25, -0.2) is 0 Å². The lowest BCUT2D eigenvalue weighted by Crippen LogP contribution is -2.32. The molecule has 7 nitrogen and oxygen atoms in total. The van der Waals surface area contributed by atoms with Crippen LogP contribution < -0.4 is 5.32 Å². The lowest BCUT2D eigenvalue weighted by atomic mass is 10.3. The Morgan fingerprint density at radius 3 is 3.09 bits per heavy atom. The summed E-state index contributed by atoms with van der Waals surface area (Å²) in [7, 11) is 1.77. The summed E-state index contributed by atoms with van der Waals surface area (Å²) in [6, 6.07) is 5.64. The van der Waals surface area contributed by atoms with Gasteiger partial charge in [0.25, 0.3) is 0 Å². The minimum absolute atomic E-state index is 0.0575. The Kier molecular flexibility index (Phi) is 6.24. The van der Waals surface area contributed by atoms with Crippen LogP contribution in [-0.2, 0) is 11.3 Å². The van der Waals surface area contributed by atoms with Crippen LogP contribution in [0.3, 0.4) is 0 Å². The average molecular weight is 337 g/mol. The number of aromatic nitrogens is 2. The van der Waals surface area contributed by atoms with Crippen molar-refractivity contribution < 1.29 is 9.21 Å². The maximum absolute atomic E-state index is 12.3. The molecule has 2 rings (SSSR count). The van der Waals surface area contributed by atoms with E-state index in [9.17, 15) is 4.79 Å². The molecule has 0 spiro atoms. The number of anilines is 1. The first-order valence-corrected chi connectivity index (χ1v) is 8.34. The second-order valence-corrected chi connectivity index (χ2v) is 6.41. The fourth-order valence-electron chi connectivity index (χ4n) is 1.65. The highest BCUT2D eigenvalue weighted by Gasteiger charge is 2.16. The van der Waals surface area contributed by atoms with Crippen molar-refractivity contribution in [2.45, 2.75) is 17.3 Å². The van der Waals surface area contributed by atoms with Crippen LogP contribution in [0.1, 0.15) is 12.2 Å². The molecular formula is C13H15N5O2S2. The lowest BCUT2D eigenvalue weighted by molar-refractivity contribution is -0.129. The Morgan fingerprint density at radius 1 is 1.59 bits per heavy atom. The zero-order chi connectivity index (χ0) is 15.8. The molecule has 0 radical (unpaired) electrons. The third-order valence-corrected chi connectivity index (χ3v) is 4.77. The summed E-state index contributed by atoms with van der Waals surface area (Å²) in [4.78, 5) is 13.9. The van der Waals surface area contributed by atoms with Gasteiger partial charge in [-0.15, -0.1) is 10.2 Å². The highest BCUT2D eigenvalue weighted by atomic mass is 32.2. The highest BCUT2D eigenvalue weighted by Crippen LogP contribution is 2.25. The van der Waals surface area contributed by atoms with Crippen molar-refractivity contribution in [2.75, 3.05) is 24.7 Å². The number of nitriles is 1. The van der Waals surface area contributed by atoms with Crippen molar-refractivity contribution in [1.82, 2.24) is 15.1 Å². The predicted octanol–water partition coefficient (Wildman–Crippen LogP) is 2.21. The molecule has 1 amide bonds. The molecule has 2 aromatic heterocycles. The van der Waals surface area contributed by atoms with Gasteiger partial charge in [0.2, 0.25) is 11.0 Å². The number of carbonyl (C=O) groups is 1. The third kappa shape index (κ3) is 4.75. The van der Waals surface area contributed by atoms with Crippen LogP contribution in [0.15, 0.2) is 27.2 Å². The molecule has 0 aliphatic rings. The maximum atomic E-state index is 12.3. The molecule has 116 valence electrons. The molecule has 9 heteroatoms. The number of furan rings is 1. The van der Waals surface area contributed by atoms with Crippen molar-refractivity contribution in [3.63, 3.8) is 0 Å². The van der Waals surface area contributed by atoms with Crippen LogP contribution in [0.4, 0.5) is 5.13 Å². The summed E-state index contributed by atoms with van der Waals surface area (Å²) >= 11 is 2.74. The van der Waals surface area contributed by atoms with E-state index in [1.54, 1.807) is 24.3 Å². The summed E-state index contributed by atoms with van der Waals surface area (Å²) in [5.41, 5.74) is 0. The first-order valence-electron chi connectivity index (χ1n) is 6.54. The fourth-order valence-corrected chi connectivity index (χ4v) is 3.26. The number of rotatable bonds is 8. The summed E-state index contributed by atoms with van der Waals surface area (Å²) in [5.74, 6) is 0.896. The van der Waals surface area contributed by atoms with Gasteiger partial charge in [-0.1, -0.05) is 23.1 Å². The number of carbonyl (C=O) groups excluding carboxylic acids is 1. The quantitative estimate of drug-likeness (QED) is 0.738. The van der Waals surface area contributed by atoms with Crippen molar-refractivity contribution in [2.24, 2.45) is 0 Å². The topological polar surface area (TPSA) is 95.0 Å². The maximum Gasteiger partial charge on any atom is 0.233 e. The van der Waals surface area contributed by atoms with E-state index in [4.69, 9.17) is 9.68 Å². The SMILES string of the molecule is CNc1nnc(SCC(=O)N(CCC#N)Cc2ccco2)s1. The van der Waals surface area contributed by atoms with Crippen LogP contribution in [0, 0.1) is 11.3 Å². The van der Waals surface area contributed by atoms with E-state index < -0.39 is 0 Å². The first kappa shape index (κ1) is 16.3. The number of nitrogens with one attached hydrogen (secondary N) is 1. The van der Waals surface area contributed by atoms with E-state index in [-0.39, 0.29) is 11.7 Å². The van der Waals surface area contributed by atoms with Gasteiger partial charge in [0, 0.05) is 13.6 Å². The minimum atomic E-state index is -0.0575. The summed E-state index contributed by atoms with van der Waals surface area (Å²) < 4.78 is 5.99. The normalized spacial score (nSPS) is 10.2. The molecule has 22 heavy (non-hydrogen) atoms. The number of amides is 1. The van der Waals surface area contributed by atoms with E-state index in [2.05, 4.69) is 21.6 Å². The Labute approximate surface area is 136 Å². The number of hydrogen-bond donors (Lipinski definition) is 1. The Hall–Kier alpha value is -2.05. The molecule has 0 bridgehead atoms. The van der Waals surface area contributed by atoms with Crippen molar-refractivity contribution in [3.05, 3.63) is 24.2 Å². The molecule has 0 aromatic carbocycles. The van der Waals surface area contributed by atoms with E-state index in [1.165, 1.54) is 23.1 Å². The monoisotopic (exact) mass is 337 g/mol. The fraction of sp³-hybridized carbons (Fsp3) is 0.385. The standard InChI is InChI=1S/C13H15N5O2S2/c1-15-12-16-17-13(22-12)21-9-11(19)18(6-3-5-14)8-10-4-2-7-20-10/h2,4,7H,3,6,8-9H2,1H3,(H,15,16). The second-order valence-electron chi connectivity index (χ2n) is 4.21. The molecule has 2 heterocycles. The summed E-state index contributed by atoms with van der Waals surface area (Å²) in [6.07, 6.45) is 1.86. The molecule has 0 saturated carbocycles. The highest BCUT2D eigenvalue weighted by molar-refractivity contribution is 8.01. The van der Waals surface area contributed by atoms with E-state index in [1.807, 2.05) is 6.07 Å². The van der Waals surface area contributed by atoms with Gasteiger partial charge >= 0.3 is 0 Å². The van der Waals surface area contributed by atoms with Crippen molar-refractivity contribution >= 4 is 34.1 Å². The first-order chi connectivity index (χ1) is 10.7. The van der Waals surface area contributed by atoms with Gasteiger partial charge < -0.3 is 14.6 Å². The molecule has 2 aromatic rings. The van der Waals surface area contributed by atoms with Gasteiger partial charge in [0.05, 0.1) is 31.1 Å². The van der Waals surface area contributed by atoms with Gasteiger partial charge in [-0.05, 0) is 12.1 Å². The van der Waals surface area contributed by atoms with E-state index >= 15 is 0 Å². The van der Waals surface area contributed by atoms with E-state index in [0.29, 0.717) is 30.4 Å². The number of hydrogen-bond acceptors (Lipinski definition) is 8. The molecule has 0 saturated heterocycles. The van der Waals surface area contributed by atoms with Crippen LogP contribution in [0.2, 0.25) is 0 Å². The molecule has 1 N–H and O–H groups in total. The smallest absolute Gasteiger partial charge is 0.233 e. The molecule has 0 unspecified atom stereocenters. The molecule has 0 aliphatic heterocycles. The van der Waals surface area contributed by atoms with Crippen molar-refractivity contribution in [1.29, 1.82) is 5.26 Å². The minimum Gasteiger partial charge on any atom is -0.467 e. The van der Waals surface area contributed by atoms with Crippen LogP contribution >= 0.6 is 23.1 Å². The van der Waals surface area contributed by atoms with Gasteiger partial charge in [0.1, 0.15) is 5.76 Å². The predicted molar refractivity (Wildman–Crippen MR) is 84.5 cm³/mol. The third-order valence-electron chi connectivity index (χ3n) is 2.71. The van der Waals surface area contributed by atoms with Gasteiger partial charge in [0.15, 0.2) is 4.34 Å². The summed E-state index contributed by atoms with van der Waals surface area (Å²) in [5, 5.41) is 20.2. The summed E-state index contributed by atoms with van der Waals surface area (Å²) in [6.45, 7) is 0.750. The number of thioether (sulfide) groups is 1. The van der Waals surface area contributed by atoms with Gasteiger partial charge in [-0.2, -0.15) is 5.26 Å². The molecular weight excluding hydrogens is 322 g/mol. The lowest BCUT2D eigenvalue weighted by Gasteiger charge is -2.19. The molecule has 0 aliphatic carbocycles. The molecule has 0 fully saturated rings. The Bertz CT molecular complexity index is 635. The molecule has 0 atom stereocenters. The largest absolute Gasteiger partial charge is 0.467 e. The Balaban J connectivity index is 1.91. The Morgan fingerprint density at radius 2 is 2.45 bits per heavy atom. The average Bonchev–Trinajstić information content (AvgIpc) is 3.20. The van der Waals surface area contributed by atoms with Crippen LogP contribution in [0.25, 0.3) is 0 Å². The van der Waals surface area contributed by atoms with Gasteiger partial charge in [-0.3, -0.25) is 4.79 Å². The second kappa shape index (κ2) is 8.41. The van der Waals surface area contributed by atoms with E-state index in [0.717, 1.165) is 4.34 Å². The number of nitrogens with zero attached hydrogens (tertiary/aromatic N) is 4.